The van der Waals surface area contributed by atoms with Gasteiger partial charge in [0.05, 0.1) is 18.8 Å². The van der Waals surface area contributed by atoms with Crippen LogP contribution in [0.1, 0.15) is 17.3 Å². The molecule has 0 bridgehead atoms. The van der Waals surface area contributed by atoms with E-state index >= 15 is 0 Å². The van der Waals surface area contributed by atoms with Crippen LogP contribution in [-0.4, -0.2) is 39.9 Å². The van der Waals surface area contributed by atoms with Gasteiger partial charge in [-0.3, -0.25) is 4.79 Å². The van der Waals surface area contributed by atoms with E-state index in [1.165, 1.54) is 25.3 Å². The van der Waals surface area contributed by atoms with Gasteiger partial charge < -0.3 is 15.5 Å². The Balaban J connectivity index is 2.80. The van der Waals surface area contributed by atoms with Crippen LogP contribution in [0.15, 0.2) is 18.3 Å². The SMILES string of the molecule is CC(CO)(CO)NC(=O)c1ccnc(Cl)c1. The molecule has 1 aromatic heterocycles. The van der Waals surface area contributed by atoms with Crippen molar-refractivity contribution in [2.75, 3.05) is 13.2 Å². The number of aliphatic hydroxyl groups excluding tert-OH is 2. The predicted octanol–water partition coefficient (Wildman–Crippen LogP) is 0.208. The number of nitrogens with one attached hydrogen (secondary N) is 1. The first-order chi connectivity index (χ1) is 7.50. The van der Waals surface area contributed by atoms with Crippen LogP contribution in [0.25, 0.3) is 0 Å². The fraction of sp³-hybridized carbons (Fsp3) is 0.400. The first kappa shape index (κ1) is 12.9. The highest BCUT2D eigenvalue weighted by molar-refractivity contribution is 6.29. The summed E-state index contributed by atoms with van der Waals surface area (Å²) in [5.41, 5.74) is -0.722. The van der Waals surface area contributed by atoms with Gasteiger partial charge in [-0.2, -0.15) is 0 Å². The fourth-order valence-electron chi connectivity index (χ4n) is 1.02. The van der Waals surface area contributed by atoms with Gasteiger partial charge in [-0.05, 0) is 19.1 Å². The number of hydrogen-bond donors (Lipinski definition) is 3. The van der Waals surface area contributed by atoms with E-state index in [2.05, 4.69) is 10.3 Å². The third-order valence-electron chi connectivity index (χ3n) is 2.10. The number of pyridine rings is 1. The van der Waals surface area contributed by atoms with Gasteiger partial charge in [0, 0.05) is 11.8 Å². The molecule has 0 saturated heterocycles. The second-order valence-electron chi connectivity index (χ2n) is 3.70. The van der Waals surface area contributed by atoms with Crippen molar-refractivity contribution in [3.05, 3.63) is 29.0 Å². The molecule has 6 heteroatoms. The highest BCUT2D eigenvalue weighted by Gasteiger charge is 2.25. The maximum absolute atomic E-state index is 11.7. The van der Waals surface area contributed by atoms with Crippen LogP contribution in [0.2, 0.25) is 5.15 Å². The van der Waals surface area contributed by atoms with Crippen LogP contribution in [0.5, 0.6) is 0 Å². The molecule has 16 heavy (non-hydrogen) atoms. The standard InChI is InChI=1S/C10H13ClN2O3/c1-10(5-14,6-15)13-9(16)7-2-3-12-8(11)4-7/h2-4,14-15H,5-6H2,1H3,(H,13,16). The summed E-state index contributed by atoms with van der Waals surface area (Å²) in [7, 11) is 0. The van der Waals surface area contributed by atoms with Gasteiger partial charge in [-0.15, -0.1) is 0 Å². The van der Waals surface area contributed by atoms with E-state index in [0.717, 1.165) is 0 Å². The molecule has 1 heterocycles. The molecule has 0 saturated carbocycles. The molecule has 0 spiro atoms. The number of nitrogens with zero attached hydrogens (tertiary/aromatic N) is 1. The Morgan fingerprint density at radius 2 is 2.19 bits per heavy atom. The van der Waals surface area contributed by atoms with Crippen LogP contribution in [0.3, 0.4) is 0 Å². The number of hydrogen-bond acceptors (Lipinski definition) is 4. The Labute approximate surface area is 98.1 Å². The Morgan fingerprint density at radius 1 is 1.56 bits per heavy atom. The van der Waals surface area contributed by atoms with E-state index in [9.17, 15) is 4.79 Å². The number of aliphatic hydroxyl groups is 2. The van der Waals surface area contributed by atoms with Crippen LogP contribution in [-0.2, 0) is 0 Å². The number of carbonyl (C=O) groups is 1. The van der Waals surface area contributed by atoms with Crippen LogP contribution in [0, 0.1) is 0 Å². The average molecular weight is 245 g/mol. The lowest BCUT2D eigenvalue weighted by Gasteiger charge is -2.26. The molecule has 0 aliphatic heterocycles. The number of rotatable bonds is 4. The second-order valence-corrected chi connectivity index (χ2v) is 4.09. The van der Waals surface area contributed by atoms with Crippen molar-refractivity contribution < 1.29 is 15.0 Å². The minimum absolute atomic E-state index is 0.211. The molecule has 0 unspecified atom stereocenters. The van der Waals surface area contributed by atoms with Crippen molar-refractivity contribution in [2.45, 2.75) is 12.5 Å². The van der Waals surface area contributed by atoms with E-state index in [4.69, 9.17) is 21.8 Å². The molecule has 1 rings (SSSR count). The zero-order valence-corrected chi connectivity index (χ0v) is 9.53. The molecule has 0 aliphatic carbocycles. The molecule has 88 valence electrons. The highest BCUT2D eigenvalue weighted by atomic mass is 35.5. The lowest BCUT2D eigenvalue weighted by molar-refractivity contribution is 0.0723. The summed E-state index contributed by atoms with van der Waals surface area (Å²) in [6.45, 7) is 0.829. The summed E-state index contributed by atoms with van der Waals surface area (Å²) in [4.78, 5) is 15.5. The minimum Gasteiger partial charge on any atom is -0.394 e. The van der Waals surface area contributed by atoms with Gasteiger partial charge in [0.1, 0.15) is 5.15 Å². The highest BCUT2D eigenvalue weighted by Crippen LogP contribution is 2.09. The zero-order chi connectivity index (χ0) is 12.2. The first-order valence-electron chi connectivity index (χ1n) is 4.66. The summed E-state index contributed by atoms with van der Waals surface area (Å²) in [5, 5.41) is 20.8. The third kappa shape index (κ3) is 3.16. The van der Waals surface area contributed by atoms with Gasteiger partial charge in [0.25, 0.3) is 5.91 Å². The van der Waals surface area contributed by atoms with Crippen molar-refractivity contribution in [2.24, 2.45) is 0 Å². The quantitative estimate of drug-likeness (QED) is 0.662. The molecule has 1 aromatic rings. The lowest BCUT2D eigenvalue weighted by atomic mass is 10.0. The summed E-state index contributed by atoms with van der Waals surface area (Å²) < 4.78 is 0. The maximum Gasteiger partial charge on any atom is 0.252 e. The van der Waals surface area contributed by atoms with Gasteiger partial charge >= 0.3 is 0 Å². The van der Waals surface area contributed by atoms with Gasteiger partial charge in [-0.1, -0.05) is 11.6 Å². The van der Waals surface area contributed by atoms with Crippen molar-refractivity contribution in [1.29, 1.82) is 0 Å². The second kappa shape index (κ2) is 5.25. The molecule has 0 atom stereocenters. The Morgan fingerprint density at radius 3 is 2.69 bits per heavy atom. The molecule has 1 amide bonds. The Bertz CT molecular complexity index is 380. The molecular weight excluding hydrogens is 232 g/mol. The molecule has 0 aromatic carbocycles. The number of aromatic nitrogens is 1. The monoisotopic (exact) mass is 244 g/mol. The number of carbonyl (C=O) groups excluding carboxylic acids is 1. The van der Waals surface area contributed by atoms with Crippen LogP contribution < -0.4 is 5.32 Å². The van der Waals surface area contributed by atoms with E-state index in [0.29, 0.717) is 5.56 Å². The summed E-state index contributed by atoms with van der Waals surface area (Å²) >= 11 is 5.64. The fourth-order valence-corrected chi connectivity index (χ4v) is 1.19. The first-order valence-corrected chi connectivity index (χ1v) is 5.04. The molecule has 0 aliphatic rings. The van der Waals surface area contributed by atoms with E-state index in [-0.39, 0.29) is 18.4 Å². The lowest BCUT2D eigenvalue weighted by Crippen LogP contribution is -2.51. The van der Waals surface area contributed by atoms with Crippen LogP contribution in [0.4, 0.5) is 0 Å². The summed E-state index contributed by atoms with van der Waals surface area (Å²) in [6, 6.07) is 2.91. The van der Waals surface area contributed by atoms with Gasteiger partial charge in [0.15, 0.2) is 0 Å². The van der Waals surface area contributed by atoms with Crippen molar-refractivity contribution >= 4 is 17.5 Å². The largest absolute Gasteiger partial charge is 0.394 e. The topological polar surface area (TPSA) is 82.5 Å². The van der Waals surface area contributed by atoms with Crippen molar-refractivity contribution in [1.82, 2.24) is 10.3 Å². The Kier molecular flexibility index (Phi) is 4.23. The smallest absolute Gasteiger partial charge is 0.252 e. The third-order valence-corrected chi connectivity index (χ3v) is 2.31. The Hall–Kier alpha value is -1.17. The van der Waals surface area contributed by atoms with Gasteiger partial charge in [0.2, 0.25) is 0 Å². The molecule has 0 fully saturated rings. The van der Waals surface area contributed by atoms with E-state index in [1.54, 1.807) is 0 Å². The average Bonchev–Trinajstić information content (AvgIpc) is 2.29. The molecule has 0 radical (unpaired) electrons. The number of amides is 1. The molecule has 3 N–H and O–H groups in total. The zero-order valence-electron chi connectivity index (χ0n) is 8.77. The van der Waals surface area contributed by atoms with E-state index < -0.39 is 11.4 Å². The number of halogens is 1. The van der Waals surface area contributed by atoms with Gasteiger partial charge in [-0.25, -0.2) is 4.98 Å². The normalized spacial score (nSPS) is 11.2. The summed E-state index contributed by atoms with van der Waals surface area (Å²) in [5.74, 6) is -0.421. The summed E-state index contributed by atoms with van der Waals surface area (Å²) in [6.07, 6.45) is 1.41. The van der Waals surface area contributed by atoms with Crippen LogP contribution >= 0.6 is 11.6 Å². The molecular formula is C10H13ClN2O3. The van der Waals surface area contributed by atoms with Crippen molar-refractivity contribution in [3.63, 3.8) is 0 Å². The minimum atomic E-state index is -1.05. The molecule has 5 nitrogen and oxygen atoms in total. The van der Waals surface area contributed by atoms with Crippen molar-refractivity contribution in [3.8, 4) is 0 Å². The van der Waals surface area contributed by atoms with E-state index in [1.807, 2.05) is 0 Å². The predicted molar refractivity (Wildman–Crippen MR) is 59.3 cm³/mol. The maximum atomic E-state index is 11.7.